The van der Waals surface area contributed by atoms with E-state index in [0.717, 1.165) is 27.4 Å². The van der Waals surface area contributed by atoms with Crippen molar-refractivity contribution in [3.63, 3.8) is 0 Å². The maximum atomic E-state index is 6.16. The standard InChI is InChI=1S/C17H17N5S/c1-8-4-5-11(23-8)12-9(2)14-13(16(18)21-17(19)20-14)10-6-7-22(3)15(10)12/h4-7H,1-3H3,(H4,18,19,20,21). The summed E-state index contributed by atoms with van der Waals surface area (Å²) in [4.78, 5) is 11.1. The highest BCUT2D eigenvalue weighted by atomic mass is 32.1. The first-order chi connectivity index (χ1) is 11.0. The second-order valence-electron chi connectivity index (χ2n) is 5.79. The normalized spacial score (nSPS) is 11.6. The summed E-state index contributed by atoms with van der Waals surface area (Å²) in [7, 11) is 2.05. The van der Waals surface area contributed by atoms with Gasteiger partial charge in [0.25, 0.3) is 0 Å². The number of aromatic nitrogens is 3. The Labute approximate surface area is 137 Å². The molecule has 0 aliphatic carbocycles. The lowest BCUT2D eigenvalue weighted by Crippen LogP contribution is -2.03. The van der Waals surface area contributed by atoms with Gasteiger partial charge in [-0.1, -0.05) is 0 Å². The largest absolute Gasteiger partial charge is 0.383 e. The minimum atomic E-state index is 0.210. The summed E-state index contributed by atoms with van der Waals surface area (Å²) < 4.78 is 2.13. The molecule has 0 atom stereocenters. The molecule has 23 heavy (non-hydrogen) atoms. The van der Waals surface area contributed by atoms with Crippen LogP contribution in [0.5, 0.6) is 0 Å². The third kappa shape index (κ3) is 1.91. The molecule has 0 unspecified atom stereocenters. The van der Waals surface area contributed by atoms with Crippen molar-refractivity contribution in [1.82, 2.24) is 14.5 Å². The molecule has 4 N–H and O–H groups in total. The summed E-state index contributed by atoms with van der Waals surface area (Å²) in [5.74, 6) is 0.641. The molecule has 4 aromatic rings. The molecule has 0 fully saturated rings. The van der Waals surface area contributed by atoms with Crippen molar-refractivity contribution in [2.24, 2.45) is 7.05 Å². The first-order valence-corrected chi connectivity index (χ1v) is 8.16. The smallest absolute Gasteiger partial charge is 0.222 e. The van der Waals surface area contributed by atoms with E-state index >= 15 is 0 Å². The molecule has 0 bridgehead atoms. The number of nitrogen functional groups attached to an aromatic ring is 2. The number of hydrogen-bond donors (Lipinski definition) is 2. The lowest BCUT2D eigenvalue weighted by Gasteiger charge is -2.13. The number of rotatable bonds is 1. The van der Waals surface area contributed by atoms with E-state index in [2.05, 4.69) is 46.6 Å². The van der Waals surface area contributed by atoms with Gasteiger partial charge >= 0.3 is 0 Å². The molecule has 116 valence electrons. The van der Waals surface area contributed by atoms with Crippen LogP contribution in [0.4, 0.5) is 11.8 Å². The van der Waals surface area contributed by atoms with Gasteiger partial charge in [0.15, 0.2) is 0 Å². The van der Waals surface area contributed by atoms with E-state index in [9.17, 15) is 0 Å². The maximum absolute atomic E-state index is 6.16. The number of thiophene rings is 1. The highest BCUT2D eigenvalue weighted by Gasteiger charge is 2.20. The van der Waals surface area contributed by atoms with E-state index in [4.69, 9.17) is 11.5 Å². The molecular weight excluding hydrogens is 306 g/mol. The quantitative estimate of drug-likeness (QED) is 0.560. The molecule has 0 saturated carbocycles. The molecule has 6 heteroatoms. The van der Waals surface area contributed by atoms with E-state index in [0.29, 0.717) is 5.82 Å². The Kier molecular flexibility index (Phi) is 2.86. The van der Waals surface area contributed by atoms with Crippen LogP contribution < -0.4 is 11.5 Å². The predicted molar refractivity (Wildman–Crippen MR) is 97.6 cm³/mol. The first kappa shape index (κ1) is 14.0. The van der Waals surface area contributed by atoms with E-state index in [1.165, 1.54) is 15.3 Å². The monoisotopic (exact) mass is 323 g/mol. The van der Waals surface area contributed by atoms with Crippen molar-refractivity contribution >= 4 is 44.9 Å². The highest BCUT2D eigenvalue weighted by Crippen LogP contribution is 2.42. The van der Waals surface area contributed by atoms with Gasteiger partial charge in [-0.25, -0.2) is 4.98 Å². The number of nitrogens with zero attached hydrogens (tertiary/aromatic N) is 3. The fraction of sp³-hybridized carbons (Fsp3) is 0.176. The molecular formula is C17H17N5S. The van der Waals surface area contributed by atoms with Gasteiger partial charge in [-0.2, -0.15) is 4.98 Å². The Morgan fingerprint density at radius 3 is 2.57 bits per heavy atom. The number of anilines is 2. The van der Waals surface area contributed by atoms with Gasteiger partial charge in [-0.05, 0) is 37.6 Å². The molecule has 0 radical (unpaired) electrons. The number of hydrogen-bond acceptors (Lipinski definition) is 5. The Bertz CT molecular complexity index is 1070. The number of fused-ring (bicyclic) bond motifs is 3. The minimum Gasteiger partial charge on any atom is -0.383 e. The van der Waals surface area contributed by atoms with Gasteiger partial charge in [-0.15, -0.1) is 11.3 Å². The van der Waals surface area contributed by atoms with Gasteiger partial charge in [-0.3, -0.25) is 0 Å². The van der Waals surface area contributed by atoms with E-state index in [1.807, 2.05) is 13.2 Å². The van der Waals surface area contributed by atoms with Crippen LogP contribution in [0.25, 0.3) is 32.2 Å². The SMILES string of the molecule is Cc1ccc(-c2c(C)c3nc(N)nc(N)c3c3ccn(C)c23)s1. The van der Waals surface area contributed by atoms with Crippen LogP contribution in [0.3, 0.4) is 0 Å². The number of aryl methyl sites for hydroxylation is 3. The number of nitrogens with two attached hydrogens (primary N) is 2. The second kappa shape index (κ2) is 4.70. The Morgan fingerprint density at radius 1 is 1.09 bits per heavy atom. The van der Waals surface area contributed by atoms with E-state index in [-0.39, 0.29) is 5.95 Å². The summed E-state index contributed by atoms with van der Waals surface area (Å²) in [5.41, 5.74) is 16.2. The van der Waals surface area contributed by atoms with E-state index < -0.39 is 0 Å². The molecule has 3 heterocycles. The lowest BCUT2D eigenvalue weighted by molar-refractivity contribution is 0.970. The zero-order valence-corrected chi connectivity index (χ0v) is 14.0. The summed E-state index contributed by atoms with van der Waals surface area (Å²) >= 11 is 1.78. The van der Waals surface area contributed by atoms with Gasteiger partial charge in [0.05, 0.1) is 16.4 Å². The summed E-state index contributed by atoms with van der Waals surface area (Å²) in [6, 6.07) is 6.37. The van der Waals surface area contributed by atoms with Crippen LogP contribution in [0.2, 0.25) is 0 Å². The van der Waals surface area contributed by atoms with Crippen molar-refractivity contribution in [2.75, 3.05) is 11.5 Å². The molecule has 0 aliphatic heterocycles. The third-order valence-electron chi connectivity index (χ3n) is 4.25. The van der Waals surface area contributed by atoms with Crippen LogP contribution in [-0.2, 0) is 7.05 Å². The van der Waals surface area contributed by atoms with Crippen molar-refractivity contribution in [2.45, 2.75) is 13.8 Å². The maximum Gasteiger partial charge on any atom is 0.222 e. The van der Waals surface area contributed by atoms with Crippen molar-refractivity contribution < 1.29 is 0 Å². The molecule has 0 spiro atoms. The van der Waals surface area contributed by atoms with Gasteiger partial charge < -0.3 is 16.0 Å². The zero-order chi connectivity index (χ0) is 16.3. The lowest BCUT2D eigenvalue weighted by atomic mass is 9.98. The van der Waals surface area contributed by atoms with Crippen molar-refractivity contribution in [3.05, 3.63) is 34.8 Å². The van der Waals surface area contributed by atoms with Gasteiger partial charge in [0.2, 0.25) is 5.95 Å². The molecule has 0 aliphatic rings. The highest BCUT2D eigenvalue weighted by molar-refractivity contribution is 7.15. The third-order valence-corrected chi connectivity index (χ3v) is 5.27. The van der Waals surface area contributed by atoms with E-state index in [1.54, 1.807) is 11.3 Å². The minimum absolute atomic E-state index is 0.210. The Morgan fingerprint density at radius 2 is 1.87 bits per heavy atom. The summed E-state index contributed by atoms with van der Waals surface area (Å²) in [5, 5.41) is 1.94. The fourth-order valence-electron chi connectivity index (χ4n) is 3.24. The van der Waals surface area contributed by atoms with Gasteiger partial charge in [0.1, 0.15) is 5.82 Å². The summed E-state index contributed by atoms with van der Waals surface area (Å²) in [6.07, 6.45) is 2.04. The predicted octanol–water partition coefficient (Wildman–Crippen LogP) is 3.63. The first-order valence-electron chi connectivity index (χ1n) is 7.34. The fourth-order valence-corrected chi connectivity index (χ4v) is 4.21. The molecule has 3 aromatic heterocycles. The molecule has 0 saturated heterocycles. The molecule has 5 nitrogen and oxygen atoms in total. The van der Waals surface area contributed by atoms with Crippen molar-refractivity contribution in [1.29, 1.82) is 0 Å². The Balaban J connectivity index is 2.29. The molecule has 0 amide bonds. The van der Waals surface area contributed by atoms with Crippen LogP contribution >= 0.6 is 11.3 Å². The zero-order valence-electron chi connectivity index (χ0n) is 13.2. The van der Waals surface area contributed by atoms with Crippen molar-refractivity contribution in [3.8, 4) is 10.4 Å². The Hall–Kier alpha value is -2.60. The van der Waals surface area contributed by atoms with Crippen LogP contribution in [0.15, 0.2) is 24.4 Å². The molecule has 4 rings (SSSR count). The van der Waals surface area contributed by atoms with Crippen LogP contribution in [0, 0.1) is 13.8 Å². The average Bonchev–Trinajstić information content (AvgIpc) is 3.07. The topological polar surface area (TPSA) is 82.8 Å². The molecule has 1 aromatic carbocycles. The second-order valence-corrected chi connectivity index (χ2v) is 7.08. The summed E-state index contributed by atoms with van der Waals surface area (Å²) in [6.45, 7) is 4.19. The van der Waals surface area contributed by atoms with Crippen LogP contribution in [-0.4, -0.2) is 14.5 Å². The average molecular weight is 323 g/mol. The number of benzene rings is 1. The van der Waals surface area contributed by atoms with Crippen LogP contribution in [0.1, 0.15) is 10.4 Å². The van der Waals surface area contributed by atoms with Gasteiger partial charge in [0, 0.05) is 33.9 Å².